The molecule has 2 rings (SSSR count). The fourth-order valence-electron chi connectivity index (χ4n) is 1.89. The molecule has 0 unspecified atom stereocenters. The van der Waals surface area contributed by atoms with Crippen molar-refractivity contribution in [3.8, 4) is 0 Å². The highest BCUT2D eigenvalue weighted by Gasteiger charge is 2.13. The third-order valence-corrected chi connectivity index (χ3v) is 2.79. The molecule has 1 aliphatic rings. The SMILES string of the molecule is O=C(NCC[C@H]1CCCN1)c1ccnnc1. The minimum atomic E-state index is -0.0760. The van der Waals surface area contributed by atoms with Gasteiger partial charge in [-0.05, 0) is 31.9 Å². The van der Waals surface area contributed by atoms with E-state index < -0.39 is 0 Å². The van der Waals surface area contributed by atoms with E-state index in [0.29, 0.717) is 18.2 Å². The molecule has 86 valence electrons. The lowest BCUT2D eigenvalue weighted by atomic mass is 10.1. The zero-order chi connectivity index (χ0) is 11.2. The fourth-order valence-corrected chi connectivity index (χ4v) is 1.89. The monoisotopic (exact) mass is 220 g/mol. The van der Waals surface area contributed by atoms with Gasteiger partial charge in [0.15, 0.2) is 0 Å². The molecule has 1 aliphatic heterocycles. The number of hydrogen-bond donors (Lipinski definition) is 2. The van der Waals surface area contributed by atoms with E-state index in [4.69, 9.17) is 0 Å². The largest absolute Gasteiger partial charge is 0.352 e. The fraction of sp³-hybridized carbons (Fsp3) is 0.545. The number of carbonyl (C=O) groups is 1. The average molecular weight is 220 g/mol. The highest BCUT2D eigenvalue weighted by molar-refractivity contribution is 5.93. The Balaban J connectivity index is 1.71. The van der Waals surface area contributed by atoms with E-state index >= 15 is 0 Å². The van der Waals surface area contributed by atoms with Crippen LogP contribution in [0, 0.1) is 0 Å². The topological polar surface area (TPSA) is 66.9 Å². The van der Waals surface area contributed by atoms with Gasteiger partial charge in [0.1, 0.15) is 0 Å². The van der Waals surface area contributed by atoms with Crippen molar-refractivity contribution in [2.45, 2.75) is 25.3 Å². The van der Waals surface area contributed by atoms with E-state index in [0.717, 1.165) is 13.0 Å². The Bertz CT molecular complexity index is 335. The lowest BCUT2D eigenvalue weighted by Gasteiger charge is -2.10. The molecule has 5 heteroatoms. The average Bonchev–Trinajstić information content (AvgIpc) is 2.83. The van der Waals surface area contributed by atoms with E-state index in [9.17, 15) is 4.79 Å². The van der Waals surface area contributed by atoms with E-state index in [2.05, 4.69) is 20.8 Å². The maximum atomic E-state index is 11.6. The molecule has 0 saturated carbocycles. The second-order valence-corrected chi connectivity index (χ2v) is 3.97. The summed E-state index contributed by atoms with van der Waals surface area (Å²) in [5.41, 5.74) is 0.564. The molecule has 1 amide bonds. The van der Waals surface area contributed by atoms with Crippen molar-refractivity contribution in [2.24, 2.45) is 0 Å². The van der Waals surface area contributed by atoms with E-state index in [1.54, 1.807) is 6.07 Å². The van der Waals surface area contributed by atoms with Gasteiger partial charge in [-0.25, -0.2) is 0 Å². The van der Waals surface area contributed by atoms with Gasteiger partial charge in [0.25, 0.3) is 5.91 Å². The zero-order valence-electron chi connectivity index (χ0n) is 9.15. The standard InChI is InChI=1S/C11H16N4O/c16-11(9-3-7-14-15-8-9)13-6-4-10-2-1-5-12-10/h3,7-8,10,12H,1-2,4-6H2,(H,13,16)/t10-/m1/s1. The number of hydrogen-bond acceptors (Lipinski definition) is 4. The third kappa shape index (κ3) is 3.00. The summed E-state index contributed by atoms with van der Waals surface area (Å²) >= 11 is 0. The third-order valence-electron chi connectivity index (χ3n) is 2.79. The maximum absolute atomic E-state index is 11.6. The maximum Gasteiger partial charge on any atom is 0.252 e. The molecule has 0 bridgehead atoms. The van der Waals surface area contributed by atoms with Crippen molar-refractivity contribution >= 4 is 5.91 Å². The van der Waals surface area contributed by atoms with Gasteiger partial charge in [-0.15, -0.1) is 0 Å². The van der Waals surface area contributed by atoms with Gasteiger partial charge in [-0.2, -0.15) is 10.2 Å². The number of nitrogens with one attached hydrogen (secondary N) is 2. The van der Waals surface area contributed by atoms with E-state index in [1.165, 1.54) is 25.2 Å². The van der Waals surface area contributed by atoms with Crippen molar-refractivity contribution in [3.05, 3.63) is 24.0 Å². The first kappa shape index (κ1) is 11.0. The Morgan fingerprint density at radius 2 is 2.50 bits per heavy atom. The summed E-state index contributed by atoms with van der Waals surface area (Å²) < 4.78 is 0. The molecule has 0 aliphatic carbocycles. The molecule has 0 spiro atoms. The molecule has 1 atom stereocenters. The van der Waals surface area contributed by atoms with Gasteiger partial charge >= 0.3 is 0 Å². The second-order valence-electron chi connectivity index (χ2n) is 3.97. The summed E-state index contributed by atoms with van der Waals surface area (Å²) in [4.78, 5) is 11.6. The normalized spacial score (nSPS) is 19.6. The number of amides is 1. The molecular formula is C11H16N4O. The first-order valence-corrected chi connectivity index (χ1v) is 5.64. The van der Waals surface area contributed by atoms with Crippen molar-refractivity contribution in [1.82, 2.24) is 20.8 Å². The highest BCUT2D eigenvalue weighted by Crippen LogP contribution is 2.07. The van der Waals surface area contributed by atoms with Crippen LogP contribution in [0.2, 0.25) is 0 Å². The molecule has 1 saturated heterocycles. The Morgan fingerprint density at radius 3 is 3.19 bits per heavy atom. The highest BCUT2D eigenvalue weighted by atomic mass is 16.1. The molecular weight excluding hydrogens is 204 g/mol. The van der Waals surface area contributed by atoms with Crippen LogP contribution >= 0.6 is 0 Å². The molecule has 16 heavy (non-hydrogen) atoms. The first-order chi connectivity index (χ1) is 7.86. The van der Waals surface area contributed by atoms with Gasteiger partial charge in [0, 0.05) is 12.6 Å². The molecule has 1 aromatic heterocycles. The van der Waals surface area contributed by atoms with Gasteiger partial charge < -0.3 is 10.6 Å². The predicted molar refractivity (Wildman–Crippen MR) is 60.0 cm³/mol. The van der Waals surface area contributed by atoms with Crippen LogP contribution in [0.25, 0.3) is 0 Å². The summed E-state index contributed by atoms with van der Waals surface area (Å²) in [6, 6.07) is 2.23. The van der Waals surface area contributed by atoms with Crippen molar-refractivity contribution < 1.29 is 4.79 Å². The summed E-state index contributed by atoms with van der Waals surface area (Å²) in [6.07, 6.45) is 6.44. The van der Waals surface area contributed by atoms with Crippen LogP contribution in [0.1, 0.15) is 29.6 Å². The second kappa shape index (κ2) is 5.55. The van der Waals surface area contributed by atoms with Crippen LogP contribution in [0.5, 0.6) is 0 Å². The van der Waals surface area contributed by atoms with E-state index in [1.807, 2.05) is 0 Å². The van der Waals surface area contributed by atoms with Crippen LogP contribution in [0.15, 0.2) is 18.5 Å². The molecule has 2 N–H and O–H groups in total. The summed E-state index contributed by atoms with van der Waals surface area (Å²) in [6.45, 7) is 1.81. The smallest absolute Gasteiger partial charge is 0.252 e. The first-order valence-electron chi connectivity index (χ1n) is 5.64. The number of carbonyl (C=O) groups excluding carboxylic acids is 1. The van der Waals surface area contributed by atoms with Crippen molar-refractivity contribution in [1.29, 1.82) is 0 Å². The lowest BCUT2D eigenvalue weighted by Crippen LogP contribution is -2.30. The number of rotatable bonds is 4. The van der Waals surface area contributed by atoms with Gasteiger partial charge in [-0.3, -0.25) is 4.79 Å². The minimum absolute atomic E-state index is 0.0760. The zero-order valence-corrected chi connectivity index (χ0v) is 9.15. The molecule has 2 heterocycles. The molecule has 0 aromatic carbocycles. The predicted octanol–water partition coefficient (Wildman–Crippen LogP) is 0.348. The number of aromatic nitrogens is 2. The Hall–Kier alpha value is -1.49. The van der Waals surface area contributed by atoms with Crippen LogP contribution in [0.3, 0.4) is 0 Å². The van der Waals surface area contributed by atoms with Crippen LogP contribution in [-0.2, 0) is 0 Å². The van der Waals surface area contributed by atoms with Crippen molar-refractivity contribution in [2.75, 3.05) is 13.1 Å². The quantitative estimate of drug-likeness (QED) is 0.768. The van der Waals surface area contributed by atoms with Gasteiger partial charge in [-0.1, -0.05) is 0 Å². The van der Waals surface area contributed by atoms with Crippen molar-refractivity contribution in [3.63, 3.8) is 0 Å². The minimum Gasteiger partial charge on any atom is -0.352 e. The van der Waals surface area contributed by atoms with Gasteiger partial charge in [0.05, 0.1) is 18.0 Å². The Morgan fingerprint density at radius 1 is 1.56 bits per heavy atom. The van der Waals surface area contributed by atoms with Crippen LogP contribution in [0.4, 0.5) is 0 Å². The Labute approximate surface area is 94.6 Å². The molecule has 5 nitrogen and oxygen atoms in total. The van der Waals surface area contributed by atoms with Gasteiger partial charge in [0.2, 0.25) is 0 Å². The van der Waals surface area contributed by atoms with Crippen LogP contribution < -0.4 is 10.6 Å². The molecule has 1 aromatic rings. The summed E-state index contributed by atoms with van der Waals surface area (Å²) in [5.74, 6) is -0.0760. The Kier molecular flexibility index (Phi) is 3.82. The van der Waals surface area contributed by atoms with E-state index in [-0.39, 0.29) is 5.91 Å². The number of nitrogens with zero attached hydrogens (tertiary/aromatic N) is 2. The lowest BCUT2D eigenvalue weighted by molar-refractivity contribution is 0.0952. The summed E-state index contributed by atoms with van der Waals surface area (Å²) in [7, 11) is 0. The molecule has 1 fully saturated rings. The molecule has 0 radical (unpaired) electrons. The summed E-state index contributed by atoms with van der Waals surface area (Å²) in [5, 5.41) is 13.6. The van der Waals surface area contributed by atoms with Crippen LogP contribution in [-0.4, -0.2) is 35.2 Å².